The number of rotatable bonds is 2. The van der Waals surface area contributed by atoms with Crippen LogP contribution in [0.2, 0.25) is 0 Å². The Morgan fingerprint density at radius 1 is 0.636 bits per heavy atom. The fourth-order valence-electron chi connectivity index (χ4n) is 5.57. The number of aliphatic hydroxyl groups is 2. The molecule has 2 nitrogen and oxygen atoms in total. The van der Waals surface area contributed by atoms with Crippen molar-refractivity contribution in [3.8, 4) is 0 Å². The SMILES string of the molecule is CC(C)(C)C1CCC(C(C)(C)O)C2CC(C(C)(C)O)CCC21. The van der Waals surface area contributed by atoms with Gasteiger partial charge in [-0.15, -0.1) is 0 Å². The molecule has 0 bridgehead atoms. The molecule has 22 heavy (non-hydrogen) atoms. The molecule has 0 amide bonds. The van der Waals surface area contributed by atoms with Gasteiger partial charge in [-0.2, -0.15) is 0 Å². The third-order valence-electron chi connectivity index (χ3n) is 6.80. The summed E-state index contributed by atoms with van der Waals surface area (Å²) >= 11 is 0. The average molecular weight is 311 g/mol. The van der Waals surface area contributed by atoms with Gasteiger partial charge in [0.15, 0.2) is 0 Å². The summed E-state index contributed by atoms with van der Waals surface area (Å²) in [5.41, 5.74) is -0.855. The molecule has 2 aliphatic rings. The first kappa shape index (κ1) is 18.3. The van der Waals surface area contributed by atoms with E-state index in [2.05, 4.69) is 20.8 Å². The van der Waals surface area contributed by atoms with Gasteiger partial charge in [0.2, 0.25) is 0 Å². The highest BCUT2D eigenvalue weighted by Crippen LogP contribution is 2.56. The Kier molecular flexibility index (Phi) is 4.79. The lowest BCUT2D eigenvalue weighted by Gasteiger charge is -2.55. The fourth-order valence-corrected chi connectivity index (χ4v) is 5.57. The molecule has 0 aromatic heterocycles. The monoisotopic (exact) mass is 310 g/mol. The van der Waals surface area contributed by atoms with E-state index in [1.807, 2.05) is 27.7 Å². The summed E-state index contributed by atoms with van der Waals surface area (Å²) in [5.74, 6) is 2.77. The van der Waals surface area contributed by atoms with Crippen LogP contribution in [0.4, 0.5) is 0 Å². The largest absolute Gasteiger partial charge is 0.390 e. The highest BCUT2D eigenvalue weighted by molar-refractivity contribution is 5.00. The smallest absolute Gasteiger partial charge is 0.0622 e. The standard InChI is InChI=1S/C20H38O2/c1-18(2,3)16-10-11-17(20(6,7)22)15-12-13(19(4,5)21)8-9-14(15)16/h13-17,21-22H,8-12H2,1-7H3. The minimum absolute atomic E-state index is 0.342. The minimum Gasteiger partial charge on any atom is -0.390 e. The second-order valence-corrected chi connectivity index (χ2v) is 10.3. The second kappa shape index (κ2) is 5.77. The molecule has 0 aromatic carbocycles. The Morgan fingerprint density at radius 2 is 1.18 bits per heavy atom. The fraction of sp³-hybridized carbons (Fsp3) is 1.00. The van der Waals surface area contributed by atoms with E-state index >= 15 is 0 Å². The Balaban J connectivity index is 2.28. The van der Waals surface area contributed by atoms with Crippen LogP contribution in [0, 0.1) is 35.0 Å². The van der Waals surface area contributed by atoms with Crippen LogP contribution in [-0.2, 0) is 0 Å². The normalized spacial score (nSPS) is 37.8. The summed E-state index contributed by atoms with van der Waals surface area (Å²) in [6.45, 7) is 15.0. The molecule has 130 valence electrons. The van der Waals surface area contributed by atoms with E-state index in [1.165, 1.54) is 12.8 Å². The number of hydrogen-bond donors (Lipinski definition) is 2. The van der Waals surface area contributed by atoms with Gasteiger partial charge in [0, 0.05) is 0 Å². The lowest BCUT2D eigenvalue weighted by molar-refractivity contribution is -0.117. The van der Waals surface area contributed by atoms with E-state index in [1.54, 1.807) is 0 Å². The van der Waals surface area contributed by atoms with E-state index in [9.17, 15) is 10.2 Å². The van der Waals surface area contributed by atoms with Gasteiger partial charge in [-0.25, -0.2) is 0 Å². The predicted molar refractivity (Wildman–Crippen MR) is 92.6 cm³/mol. The molecule has 2 aliphatic carbocycles. The van der Waals surface area contributed by atoms with Crippen LogP contribution in [0.3, 0.4) is 0 Å². The lowest BCUT2D eigenvalue weighted by atomic mass is 9.51. The van der Waals surface area contributed by atoms with Crippen molar-refractivity contribution in [2.45, 2.75) is 91.8 Å². The molecule has 0 aromatic rings. The Morgan fingerprint density at radius 3 is 1.64 bits per heavy atom. The molecule has 5 unspecified atom stereocenters. The van der Waals surface area contributed by atoms with Crippen molar-refractivity contribution >= 4 is 0 Å². The van der Waals surface area contributed by atoms with Crippen LogP contribution in [0.15, 0.2) is 0 Å². The number of hydrogen-bond acceptors (Lipinski definition) is 2. The van der Waals surface area contributed by atoms with Gasteiger partial charge in [0.1, 0.15) is 0 Å². The van der Waals surface area contributed by atoms with Crippen LogP contribution in [0.1, 0.15) is 80.6 Å². The molecule has 2 N–H and O–H groups in total. The zero-order chi connectivity index (χ0) is 16.9. The second-order valence-electron chi connectivity index (χ2n) is 10.3. The summed E-state index contributed by atoms with van der Waals surface area (Å²) < 4.78 is 0. The molecule has 2 fully saturated rings. The third-order valence-corrected chi connectivity index (χ3v) is 6.80. The van der Waals surface area contributed by atoms with Gasteiger partial charge in [-0.05, 0) is 94.8 Å². The first-order valence-electron chi connectivity index (χ1n) is 9.26. The Bertz CT molecular complexity index is 380. The molecule has 0 heterocycles. The molecular formula is C20H38O2. The average Bonchev–Trinajstić information content (AvgIpc) is 2.33. The Hall–Kier alpha value is -0.0800. The zero-order valence-electron chi connectivity index (χ0n) is 15.8. The molecule has 0 saturated heterocycles. The van der Waals surface area contributed by atoms with Gasteiger partial charge in [-0.3, -0.25) is 0 Å². The van der Waals surface area contributed by atoms with Crippen molar-refractivity contribution in [1.29, 1.82) is 0 Å². The first-order valence-corrected chi connectivity index (χ1v) is 9.26. The quantitative estimate of drug-likeness (QED) is 0.780. The molecule has 2 saturated carbocycles. The van der Waals surface area contributed by atoms with Crippen LogP contribution in [0.25, 0.3) is 0 Å². The van der Waals surface area contributed by atoms with Gasteiger partial charge in [0.05, 0.1) is 11.2 Å². The van der Waals surface area contributed by atoms with Crippen molar-refractivity contribution in [3.05, 3.63) is 0 Å². The maximum absolute atomic E-state index is 10.7. The van der Waals surface area contributed by atoms with E-state index < -0.39 is 11.2 Å². The van der Waals surface area contributed by atoms with Crippen molar-refractivity contribution < 1.29 is 10.2 Å². The number of fused-ring (bicyclic) bond motifs is 1. The highest BCUT2D eigenvalue weighted by atomic mass is 16.3. The first-order chi connectivity index (χ1) is 9.82. The molecule has 0 aliphatic heterocycles. The topological polar surface area (TPSA) is 40.5 Å². The highest BCUT2D eigenvalue weighted by Gasteiger charge is 2.51. The zero-order valence-corrected chi connectivity index (χ0v) is 15.8. The van der Waals surface area contributed by atoms with E-state index in [-0.39, 0.29) is 0 Å². The van der Waals surface area contributed by atoms with E-state index in [0.29, 0.717) is 29.1 Å². The van der Waals surface area contributed by atoms with E-state index in [4.69, 9.17) is 0 Å². The Labute approximate surface area is 137 Å². The summed E-state index contributed by atoms with van der Waals surface area (Å²) in [7, 11) is 0. The maximum Gasteiger partial charge on any atom is 0.0622 e. The summed E-state index contributed by atoms with van der Waals surface area (Å²) in [4.78, 5) is 0. The van der Waals surface area contributed by atoms with Crippen LogP contribution < -0.4 is 0 Å². The van der Waals surface area contributed by atoms with Crippen LogP contribution in [0.5, 0.6) is 0 Å². The summed E-state index contributed by atoms with van der Waals surface area (Å²) in [6, 6.07) is 0. The molecule has 2 rings (SSSR count). The molecule has 0 spiro atoms. The van der Waals surface area contributed by atoms with Gasteiger partial charge < -0.3 is 10.2 Å². The van der Waals surface area contributed by atoms with Crippen LogP contribution >= 0.6 is 0 Å². The van der Waals surface area contributed by atoms with Gasteiger partial charge in [-0.1, -0.05) is 20.8 Å². The summed E-state index contributed by atoms with van der Waals surface area (Å²) in [5, 5.41) is 21.2. The van der Waals surface area contributed by atoms with Gasteiger partial charge >= 0.3 is 0 Å². The molecule has 5 atom stereocenters. The lowest BCUT2D eigenvalue weighted by Crippen LogP contribution is -2.51. The summed E-state index contributed by atoms with van der Waals surface area (Å²) in [6.07, 6.45) is 5.80. The predicted octanol–water partition coefficient (Wildman–Crippen LogP) is 4.63. The van der Waals surface area contributed by atoms with Crippen molar-refractivity contribution in [1.82, 2.24) is 0 Å². The van der Waals surface area contributed by atoms with Crippen molar-refractivity contribution in [2.75, 3.05) is 0 Å². The third kappa shape index (κ3) is 3.70. The van der Waals surface area contributed by atoms with Crippen LogP contribution in [-0.4, -0.2) is 21.4 Å². The molecular weight excluding hydrogens is 272 g/mol. The van der Waals surface area contributed by atoms with E-state index in [0.717, 1.165) is 25.2 Å². The minimum atomic E-state index is -0.604. The molecule has 2 heteroatoms. The molecule has 0 radical (unpaired) electrons. The van der Waals surface area contributed by atoms with Gasteiger partial charge in [0.25, 0.3) is 0 Å². The van der Waals surface area contributed by atoms with Crippen molar-refractivity contribution in [3.63, 3.8) is 0 Å². The maximum atomic E-state index is 10.7. The van der Waals surface area contributed by atoms with Crippen molar-refractivity contribution in [2.24, 2.45) is 35.0 Å².